The van der Waals surface area contributed by atoms with Crippen LogP contribution in [0.5, 0.6) is 0 Å². The Bertz CT molecular complexity index is 491. The summed E-state index contributed by atoms with van der Waals surface area (Å²) in [4.78, 5) is 19.0. The summed E-state index contributed by atoms with van der Waals surface area (Å²) in [5.74, 6) is 1.47. The Morgan fingerprint density at radius 1 is 1.33 bits per heavy atom. The number of likely N-dealkylation sites (tertiary alicyclic amines) is 1. The van der Waals surface area contributed by atoms with Crippen molar-refractivity contribution in [3.63, 3.8) is 0 Å². The van der Waals surface area contributed by atoms with Crippen molar-refractivity contribution in [2.24, 2.45) is 5.92 Å². The zero-order valence-corrected chi connectivity index (χ0v) is 16.4. The van der Waals surface area contributed by atoms with Gasteiger partial charge in [-0.1, -0.05) is 6.92 Å². The number of anilines is 1. The van der Waals surface area contributed by atoms with Gasteiger partial charge in [-0.2, -0.15) is 0 Å². The second-order valence-corrected chi connectivity index (χ2v) is 6.24. The third-order valence-electron chi connectivity index (χ3n) is 4.05. The molecule has 138 valence electrons. The molecule has 1 amide bonds. The SMILES string of the molecule is CCNCC1CCN(C(=O)c2cccnc2NC(C)C)CC1.Cl.Cl. The van der Waals surface area contributed by atoms with Crippen LogP contribution in [0.25, 0.3) is 0 Å². The molecule has 1 aliphatic heterocycles. The summed E-state index contributed by atoms with van der Waals surface area (Å²) in [7, 11) is 0. The summed E-state index contributed by atoms with van der Waals surface area (Å²) in [6.45, 7) is 9.98. The van der Waals surface area contributed by atoms with E-state index in [-0.39, 0.29) is 36.8 Å². The topological polar surface area (TPSA) is 57.3 Å². The average molecular weight is 377 g/mol. The minimum absolute atomic E-state index is 0. The van der Waals surface area contributed by atoms with Crippen LogP contribution in [0.3, 0.4) is 0 Å². The first-order chi connectivity index (χ1) is 10.6. The van der Waals surface area contributed by atoms with Gasteiger partial charge in [0, 0.05) is 25.3 Å². The van der Waals surface area contributed by atoms with E-state index in [1.807, 2.05) is 17.0 Å². The smallest absolute Gasteiger partial charge is 0.257 e. The van der Waals surface area contributed by atoms with Crippen molar-refractivity contribution < 1.29 is 4.79 Å². The van der Waals surface area contributed by atoms with Crippen LogP contribution >= 0.6 is 24.8 Å². The van der Waals surface area contributed by atoms with Crippen molar-refractivity contribution in [3.05, 3.63) is 23.9 Å². The third kappa shape index (κ3) is 6.46. The Balaban J connectivity index is 0.00000264. The summed E-state index contributed by atoms with van der Waals surface area (Å²) < 4.78 is 0. The lowest BCUT2D eigenvalue weighted by atomic mass is 9.96. The Morgan fingerprint density at radius 2 is 2.00 bits per heavy atom. The van der Waals surface area contributed by atoms with Crippen LogP contribution in [0.1, 0.15) is 44.0 Å². The van der Waals surface area contributed by atoms with Crippen LogP contribution in [0.4, 0.5) is 5.82 Å². The molecule has 2 N–H and O–H groups in total. The van der Waals surface area contributed by atoms with E-state index < -0.39 is 0 Å². The van der Waals surface area contributed by atoms with Crippen LogP contribution in [-0.4, -0.2) is 48.0 Å². The number of nitrogens with zero attached hydrogens (tertiary/aromatic N) is 2. The number of pyridine rings is 1. The minimum atomic E-state index is 0. The summed E-state index contributed by atoms with van der Waals surface area (Å²) in [6, 6.07) is 3.95. The zero-order valence-electron chi connectivity index (χ0n) is 14.7. The molecule has 1 aromatic rings. The van der Waals surface area contributed by atoms with Crippen molar-refractivity contribution >= 4 is 36.5 Å². The molecule has 0 unspecified atom stereocenters. The van der Waals surface area contributed by atoms with Crippen molar-refractivity contribution in [1.82, 2.24) is 15.2 Å². The predicted octanol–water partition coefficient (Wildman–Crippen LogP) is 3.21. The van der Waals surface area contributed by atoms with E-state index in [1.165, 1.54) is 0 Å². The van der Waals surface area contributed by atoms with Gasteiger partial charge in [-0.15, -0.1) is 24.8 Å². The van der Waals surface area contributed by atoms with Gasteiger partial charge in [-0.05, 0) is 57.8 Å². The van der Waals surface area contributed by atoms with Gasteiger partial charge < -0.3 is 15.5 Å². The van der Waals surface area contributed by atoms with Crippen LogP contribution in [0, 0.1) is 5.92 Å². The number of carbonyl (C=O) groups is 1. The molecule has 0 bridgehead atoms. The third-order valence-corrected chi connectivity index (χ3v) is 4.05. The number of amides is 1. The number of hydrogen-bond acceptors (Lipinski definition) is 4. The van der Waals surface area contributed by atoms with Gasteiger partial charge >= 0.3 is 0 Å². The highest BCUT2D eigenvalue weighted by Crippen LogP contribution is 2.21. The fraction of sp³-hybridized carbons (Fsp3) is 0.647. The molecule has 1 aromatic heterocycles. The summed E-state index contributed by atoms with van der Waals surface area (Å²) in [5.41, 5.74) is 0.682. The molecule has 1 saturated heterocycles. The molecule has 2 rings (SSSR count). The quantitative estimate of drug-likeness (QED) is 0.799. The standard InChI is InChI=1S/C17H28N4O.2ClH/c1-4-18-12-14-7-10-21(11-8-14)17(22)15-6-5-9-19-16(15)20-13(2)3;;/h5-6,9,13-14,18H,4,7-8,10-12H2,1-3H3,(H,19,20);2*1H. The van der Waals surface area contributed by atoms with Crippen LogP contribution in [0.15, 0.2) is 18.3 Å². The average Bonchev–Trinajstić information content (AvgIpc) is 2.53. The first-order valence-corrected chi connectivity index (χ1v) is 8.33. The highest BCUT2D eigenvalue weighted by Gasteiger charge is 2.25. The lowest BCUT2D eigenvalue weighted by Crippen LogP contribution is -2.41. The van der Waals surface area contributed by atoms with Gasteiger partial charge in [0.05, 0.1) is 5.56 Å². The number of halogens is 2. The van der Waals surface area contributed by atoms with Crippen molar-refractivity contribution in [3.8, 4) is 0 Å². The summed E-state index contributed by atoms with van der Waals surface area (Å²) in [6.07, 6.45) is 3.88. The molecule has 0 radical (unpaired) electrons. The first kappa shape index (κ1) is 23.0. The number of piperidine rings is 1. The number of aromatic nitrogens is 1. The van der Waals surface area contributed by atoms with E-state index in [0.717, 1.165) is 39.0 Å². The van der Waals surface area contributed by atoms with Gasteiger partial charge in [0.15, 0.2) is 0 Å². The summed E-state index contributed by atoms with van der Waals surface area (Å²) in [5, 5.41) is 6.66. The van der Waals surface area contributed by atoms with Gasteiger partial charge in [-0.25, -0.2) is 4.98 Å². The number of hydrogen-bond donors (Lipinski definition) is 2. The fourth-order valence-electron chi connectivity index (χ4n) is 2.83. The molecule has 1 fully saturated rings. The maximum Gasteiger partial charge on any atom is 0.257 e. The minimum Gasteiger partial charge on any atom is -0.367 e. The highest BCUT2D eigenvalue weighted by atomic mass is 35.5. The Kier molecular flexibility index (Phi) is 11.0. The van der Waals surface area contributed by atoms with Gasteiger partial charge in [0.1, 0.15) is 5.82 Å². The van der Waals surface area contributed by atoms with Gasteiger partial charge in [0.2, 0.25) is 0 Å². The molecular formula is C17H30Cl2N4O. The van der Waals surface area contributed by atoms with E-state index >= 15 is 0 Å². The maximum absolute atomic E-state index is 12.8. The van der Waals surface area contributed by atoms with E-state index in [1.54, 1.807) is 6.20 Å². The van der Waals surface area contributed by atoms with Crippen molar-refractivity contribution in [2.75, 3.05) is 31.5 Å². The van der Waals surface area contributed by atoms with E-state index in [2.05, 4.69) is 36.4 Å². The molecule has 0 spiro atoms. The fourth-order valence-corrected chi connectivity index (χ4v) is 2.83. The number of rotatable bonds is 6. The second kappa shape index (κ2) is 11.5. The molecule has 0 aliphatic carbocycles. The summed E-state index contributed by atoms with van der Waals surface area (Å²) >= 11 is 0. The second-order valence-electron chi connectivity index (χ2n) is 6.24. The molecule has 24 heavy (non-hydrogen) atoms. The van der Waals surface area contributed by atoms with E-state index in [4.69, 9.17) is 0 Å². The zero-order chi connectivity index (χ0) is 15.9. The lowest BCUT2D eigenvalue weighted by Gasteiger charge is -2.32. The van der Waals surface area contributed by atoms with Crippen LogP contribution in [-0.2, 0) is 0 Å². The monoisotopic (exact) mass is 376 g/mol. The van der Waals surface area contributed by atoms with Gasteiger partial charge in [-0.3, -0.25) is 4.79 Å². The first-order valence-electron chi connectivity index (χ1n) is 8.33. The molecule has 0 atom stereocenters. The highest BCUT2D eigenvalue weighted by molar-refractivity contribution is 5.98. The van der Waals surface area contributed by atoms with Gasteiger partial charge in [0.25, 0.3) is 5.91 Å². The number of carbonyl (C=O) groups excluding carboxylic acids is 1. The molecule has 7 heteroatoms. The van der Waals surface area contributed by atoms with E-state index in [0.29, 0.717) is 17.3 Å². The van der Waals surface area contributed by atoms with Crippen LogP contribution < -0.4 is 10.6 Å². The normalized spacial score (nSPS) is 14.8. The molecule has 1 aliphatic rings. The Morgan fingerprint density at radius 3 is 2.58 bits per heavy atom. The Labute approximate surface area is 157 Å². The Hall–Kier alpha value is -1.04. The number of nitrogens with one attached hydrogen (secondary N) is 2. The van der Waals surface area contributed by atoms with E-state index in [9.17, 15) is 4.79 Å². The maximum atomic E-state index is 12.8. The molecule has 2 heterocycles. The molecule has 0 aromatic carbocycles. The molecule has 0 saturated carbocycles. The van der Waals surface area contributed by atoms with Crippen molar-refractivity contribution in [1.29, 1.82) is 0 Å². The lowest BCUT2D eigenvalue weighted by molar-refractivity contribution is 0.0691. The predicted molar refractivity (Wildman–Crippen MR) is 105 cm³/mol. The largest absolute Gasteiger partial charge is 0.367 e. The van der Waals surface area contributed by atoms with Crippen molar-refractivity contribution in [2.45, 2.75) is 39.7 Å². The van der Waals surface area contributed by atoms with Crippen LogP contribution in [0.2, 0.25) is 0 Å². The molecule has 5 nitrogen and oxygen atoms in total. The molecular weight excluding hydrogens is 347 g/mol.